The summed E-state index contributed by atoms with van der Waals surface area (Å²) in [6.45, 7) is 0.837. The molecule has 156 valence electrons. The van der Waals surface area contributed by atoms with Gasteiger partial charge in [-0.05, 0) is 49.6 Å². The van der Waals surface area contributed by atoms with Crippen molar-refractivity contribution < 1.29 is 17.9 Å². The lowest BCUT2D eigenvalue weighted by Crippen LogP contribution is -2.27. The molecule has 4 rings (SSSR count). The van der Waals surface area contributed by atoms with Crippen molar-refractivity contribution in [2.75, 3.05) is 13.2 Å². The van der Waals surface area contributed by atoms with Crippen molar-refractivity contribution in [3.8, 4) is 5.75 Å². The van der Waals surface area contributed by atoms with E-state index >= 15 is 0 Å². The van der Waals surface area contributed by atoms with Gasteiger partial charge in [-0.25, -0.2) is 13.1 Å². The molecule has 1 amide bonds. The van der Waals surface area contributed by atoms with E-state index in [4.69, 9.17) is 4.74 Å². The molecule has 1 saturated carbocycles. The predicted octanol–water partition coefficient (Wildman–Crippen LogP) is 2.87. The van der Waals surface area contributed by atoms with Crippen LogP contribution in [-0.2, 0) is 10.0 Å². The van der Waals surface area contributed by atoms with Gasteiger partial charge in [-0.2, -0.15) is 0 Å². The third kappa shape index (κ3) is 4.95. The fourth-order valence-electron chi connectivity index (χ4n) is 3.04. The van der Waals surface area contributed by atoms with Crippen LogP contribution in [0.25, 0.3) is 10.9 Å². The van der Waals surface area contributed by atoms with Gasteiger partial charge in [0.05, 0.1) is 11.5 Å². The second kappa shape index (κ2) is 8.81. The molecule has 0 saturated heterocycles. The third-order valence-electron chi connectivity index (χ3n) is 4.77. The summed E-state index contributed by atoms with van der Waals surface area (Å²) in [6, 6.07) is 15.7. The number of para-hydroxylation sites is 1. The van der Waals surface area contributed by atoms with Gasteiger partial charge in [0.2, 0.25) is 10.0 Å². The van der Waals surface area contributed by atoms with Gasteiger partial charge in [0, 0.05) is 29.7 Å². The first kappa shape index (κ1) is 20.3. The van der Waals surface area contributed by atoms with E-state index in [1.165, 1.54) is 12.1 Å². The number of amides is 1. The lowest BCUT2D eigenvalue weighted by atomic mass is 10.2. The van der Waals surface area contributed by atoms with Crippen molar-refractivity contribution in [3.05, 3.63) is 66.4 Å². The van der Waals surface area contributed by atoms with E-state index in [2.05, 4.69) is 15.0 Å². The largest absolute Gasteiger partial charge is 0.491 e. The zero-order chi connectivity index (χ0) is 21.0. The number of nitrogens with zero attached hydrogens (tertiary/aromatic N) is 1. The highest BCUT2D eigenvalue weighted by molar-refractivity contribution is 7.89. The van der Waals surface area contributed by atoms with Crippen molar-refractivity contribution in [1.82, 2.24) is 15.0 Å². The fraction of sp³-hybridized carbons (Fsp3) is 0.273. The van der Waals surface area contributed by atoms with Crippen LogP contribution < -0.4 is 14.8 Å². The summed E-state index contributed by atoms with van der Waals surface area (Å²) in [4.78, 5) is 16.8. The van der Waals surface area contributed by atoms with Crippen molar-refractivity contribution in [3.63, 3.8) is 0 Å². The number of ether oxygens (including phenoxy) is 1. The molecule has 7 nitrogen and oxygen atoms in total. The number of hydrogen-bond acceptors (Lipinski definition) is 5. The fourth-order valence-corrected chi connectivity index (χ4v) is 4.39. The topological polar surface area (TPSA) is 97.4 Å². The number of benzene rings is 2. The number of hydrogen-bond donors (Lipinski definition) is 2. The van der Waals surface area contributed by atoms with E-state index in [0.717, 1.165) is 23.7 Å². The maximum atomic E-state index is 12.4. The number of carbonyl (C=O) groups excluding carboxylic acids is 1. The van der Waals surface area contributed by atoms with Crippen LogP contribution in [0.5, 0.6) is 5.75 Å². The zero-order valence-corrected chi connectivity index (χ0v) is 17.2. The minimum Gasteiger partial charge on any atom is -0.491 e. The van der Waals surface area contributed by atoms with Crippen molar-refractivity contribution in [1.29, 1.82) is 0 Å². The minimum absolute atomic E-state index is 0.0180. The lowest BCUT2D eigenvalue weighted by molar-refractivity contribution is 0.0951. The zero-order valence-electron chi connectivity index (χ0n) is 16.4. The summed E-state index contributed by atoms with van der Waals surface area (Å²) < 4.78 is 33.1. The quantitative estimate of drug-likeness (QED) is 0.514. The van der Waals surface area contributed by atoms with E-state index in [-0.39, 0.29) is 16.8 Å². The number of rotatable bonds is 9. The molecule has 30 heavy (non-hydrogen) atoms. The van der Waals surface area contributed by atoms with Gasteiger partial charge < -0.3 is 10.1 Å². The molecule has 0 bridgehead atoms. The summed E-state index contributed by atoms with van der Waals surface area (Å²) >= 11 is 0. The summed E-state index contributed by atoms with van der Waals surface area (Å²) in [5, 5.41) is 3.81. The third-order valence-corrected chi connectivity index (χ3v) is 6.28. The molecule has 2 N–H and O–H groups in total. The van der Waals surface area contributed by atoms with Crippen molar-refractivity contribution in [2.45, 2.75) is 30.2 Å². The number of fused-ring (bicyclic) bond motifs is 1. The van der Waals surface area contributed by atoms with Crippen LogP contribution in [-0.4, -0.2) is 38.5 Å². The first-order chi connectivity index (χ1) is 14.5. The van der Waals surface area contributed by atoms with E-state index in [1.807, 2.05) is 30.3 Å². The van der Waals surface area contributed by atoms with E-state index < -0.39 is 10.0 Å². The van der Waals surface area contributed by atoms with E-state index in [0.29, 0.717) is 30.9 Å². The molecule has 3 aromatic rings. The van der Waals surface area contributed by atoms with Gasteiger partial charge in [-0.1, -0.05) is 24.3 Å². The summed E-state index contributed by atoms with van der Waals surface area (Å²) in [6.07, 6.45) is 4.05. The Morgan fingerprint density at radius 2 is 1.90 bits per heavy atom. The Balaban J connectivity index is 1.28. The normalized spacial score (nSPS) is 13.9. The Bertz CT molecular complexity index is 1150. The average molecular weight is 426 g/mol. The summed E-state index contributed by atoms with van der Waals surface area (Å²) in [7, 11) is -3.59. The van der Waals surface area contributed by atoms with Crippen LogP contribution in [0.4, 0.5) is 0 Å². The van der Waals surface area contributed by atoms with E-state index in [1.54, 1.807) is 18.3 Å². The van der Waals surface area contributed by atoms with E-state index in [9.17, 15) is 13.2 Å². The monoisotopic (exact) mass is 425 g/mol. The molecule has 0 aliphatic heterocycles. The standard InChI is InChI=1S/C22H23N3O4S/c26-22(17-6-1-8-19(15-17)30(27,28)25-18-10-11-18)24-13-4-14-29-20-9-2-5-16-7-3-12-23-21(16)20/h1-3,5-9,12,15,18,25H,4,10-11,13-14H2,(H,24,26). The minimum atomic E-state index is -3.59. The Labute approximate surface area is 175 Å². The predicted molar refractivity (Wildman–Crippen MR) is 114 cm³/mol. The van der Waals surface area contributed by atoms with Crippen LogP contribution in [0.1, 0.15) is 29.6 Å². The van der Waals surface area contributed by atoms with Gasteiger partial charge >= 0.3 is 0 Å². The first-order valence-corrected chi connectivity index (χ1v) is 11.4. The second-order valence-electron chi connectivity index (χ2n) is 7.21. The molecule has 1 aromatic heterocycles. The molecule has 0 radical (unpaired) electrons. The molecular weight excluding hydrogens is 402 g/mol. The van der Waals surface area contributed by atoms with Crippen molar-refractivity contribution >= 4 is 26.8 Å². The highest BCUT2D eigenvalue weighted by Gasteiger charge is 2.28. The molecule has 0 atom stereocenters. The summed E-state index contributed by atoms with van der Waals surface area (Å²) in [5.41, 5.74) is 1.12. The van der Waals surface area contributed by atoms with Gasteiger partial charge in [0.15, 0.2) is 0 Å². The molecule has 1 aliphatic rings. The molecular formula is C22H23N3O4S. The first-order valence-electron chi connectivity index (χ1n) is 9.90. The van der Waals surface area contributed by atoms with Crippen LogP contribution in [0.2, 0.25) is 0 Å². The molecule has 1 fully saturated rings. The molecule has 1 heterocycles. The molecule has 0 unspecified atom stereocenters. The Morgan fingerprint density at radius 3 is 2.73 bits per heavy atom. The maximum absolute atomic E-state index is 12.4. The highest BCUT2D eigenvalue weighted by Crippen LogP contribution is 2.23. The Morgan fingerprint density at radius 1 is 1.10 bits per heavy atom. The second-order valence-corrected chi connectivity index (χ2v) is 8.93. The van der Waals surface area contributed by atoms with Gasteiger partial charge in [0.25, 0.3) is 5.91 Å². The number of aromatic nitrogens is 1. The SMILES string of the molecule is O=C(NCCCOc1cccc2cccnc12)c1cccc(S(=O)(=O)NC2CC2)c1. The maximum Gasteiger partial charge on any atom is 0.251 e. The van der Waals surface area contributed by atoms with Gasteiger partial charge in [-0.3, -0.25) is 9.78 Å². The highest BCUT2D eigenvalue weighted by atomic mass is 32.2. The van der Waals surface area contributed by atoms with Crippen LogP contribution in [0, 0.1) is 0 Å². The van der Waals surface area contributed by atoms with Gasteiger partial charge in [0.1, 0.15) is 11.3 Å². The molecule has 8 heteroatoms. The smallest absolute Gasteiger partial charge is 0.251 e. The van der Waals surface area contributed by atoms with Crippen LogP contribution in [0.3, 0.4) is 0 Å². The van der Waals surface area contributed by atoms with Crippen molar-refractivity contribution in [2.24, 2.45) is 0 Å². The number of carbonyl (C=O) groups is 1. The average Bonchev–Trinajstić information content (AvgIpc) is 3.57. The summed E-state index contributed by atoms with van der Waals surface area (Å²) in [5.74, 6) is 0.394. The Kier molecular flexibility index (Phi) is 5.96. The molecule has 1 aliphatic carbocycles. The number of nitrogens with one attached hydrogen (secondary N) is 2. The number of pyridine rings is 1. The Hall–Kier alpha value is -2.97. The lowest BCUT2D eigenvalue weighted by Gasteiger charge is -2.10. The molecule has 0 spiro atoms. The van der Waals surface area contributed by atoms with Gasteiger partial charge in [-0.15, -0.1) is 0 Å². The number of sulfonamides is 1. The van der Waals surface area contributed by atoms with Crippen LogP contribution >= 0.6 is 0 Å². The van der Waals surface area contributed by atoms with Crippen LogP contribution in [0.15, 0.2) is 65.7 Å². The molecule has 2 aromatic carbocycles.